The van der Waals surface area contributed by atoms with Crippen LogP contribution in [0.5, 0.6) is 11.5 Å². The summed E-state index contributed by atoms with van der Waals surface area (Å²) in [5.41, 5.74) is 2.79. The van der Waals surface area contributed by atoms with E-state index in [4.69, 9.17) is 9.47 Å². The van der Waals surface area contributed by atoms with E-state index >= 15 is 0 Å². The molecule has 3 rings (SSSR count). The van der Waals surface area contributed by atoms with Crippen LogP contribution in [-0.4, -0.2) is 38.3 Å². The van der Waals surface area contributed by atoms with E-state index < -0.39 is 0 Å². The van der Waals surface area contributed by atoms with Gasteiger partial charge in [-0.2, -0.15) is 0 Å². The van der Waals surface area contributed by atoms with Gasteiger partial charge in [-0.15, -0.1) is 0 Å². The highest BCUT2D eigenvalue weighted by atomic mass is 16.5. The van der Waals surface area contributed by atoms with Crippen LogP contribution in [-0.2, 0) is 0 Å². The molecule has 0 N–H and O–H groups in total. The highest BCUT2D eigenvalue weighted by Crippen LogP contribution is 2.38. The third-order valence-corrected chi connectivity index (χ3v) is 6.09. The van der Waals surface area contributed by atoms with Crippen molar-refractivity contribution in [2.75, 3.05) is 33.4 Å². The Labute approximate surface area is 170 Å². The lowest BCUT2D eigenvalue weighted by molar-refractivity contribution is 0.237. The first kappa shape index (κ1) is 20.7. The molecule has 0 bridgehead atoms. The van der Waals surface area contributed by atoms with Crippen molar-refractivity contribution in [2.45, 2.75) is 51.4 Å². The second kappa shape index (κ2) is 10.5. The summed E-state index contributed by atoms with van der Waals surface area (Å²) in [7, 11) is 1.72. The Bertz CT molecular complexity index is 689. The summed E-state index contributed by atoms with van der Waals surface area (Å²) in [6, 6.07) is 17.4. The molecule has 1 heterocycles. The molecule has 1 aliphatic rings. The minimum absolute atomic E-state index is 0.511. The molecule has 0 aliphatic carbocycles. The third kappa shape index (κ3) is 5.29. The number of likely N-dealkylation sites (tertiary alicyclic amines) is 1. The number of rotatable bonds is 10. The van der Waals surface area contributed by atoms with Gasteiger partial charge >= 0.3 is 0 Å². The highest BCUT2D eigenvalue weighted by molar-refractivity contribution is 5.35. The molecule has 0 radical (unpaired) electrons. The van der Waals surface area contributed by atoms with Crippen LogP contribution in [0.2, 0.25) is 0 Å². The van der Waals surface area contributed by atoms with Crippen LogP contribution in [0.4, 0.5) is 0 Å². The summed E-state index contributed by atoms with van der Waals surface area (Å²) in [4.78, 5) is 2.49. The first-order chi connectivity index (χ1) is 13.7. The second-order valence-electron chi connectivity index (χ2n) is 7.77. The molecular weight excluding hydrogens is 346 g/mol. The summed E-state index contributed by atoms with van der Waals surface area (Å²) < 4.78 is 11.3. The van der Waals surface area contributed by atoms with E-state index in [1.54, 1.807) is 7.11 Å². The van der Waals surface area contributed by atoms with Crippen molar-refractivity contribution in [2.24, 2.45) is 0 Å². The van der Waals surface area contributed by atoms with Gasteiger partial charge in [0.15, 0.2) is 0 Å². The lowest BCUT2D eigenvalue weighted by atomic mass is 9.78. The zero-order valence-electron chi connectivity index (χ0n) is 17.7. The molecule has 152 valence electrons. The summed E-state index contributed by atoms with van der Waals surface area (Å²) in [6.45, 7) is 8.84. The average molecular weight is 382 g/mol. The first-order valence-electron chi connectivity index (χ1n) is 10.8. The molecule has 0 amide bonds. The zero-order valence-corrected chi connectivity index (χ0v) is 17.7. The maximum Gasteiger partial charge on any atom is 0.119 e. The molecule has 3 heteroatoms. The molecule has 3 nitrogen and oxygen atoms in total. The van der Waals surface area contributed by atoms with Gasteiger partial charge in [0.1, 0.15) is 18.1 Å². The number of methoxy groups -OCH3 is 1. The second-order valence-corrected chi connectivity index (χ2v) is 7.77. The van der Waals surface area contributed by atoms with Crippen LogP contribution in [0.15, 0.2) is 48.5 Å². The molecule has 2 atom stereocenters. The van der Waals surface area contributed by atoms with Crippen molar-refractivity contribution in [3.63, 3.8) is 0 Å². The highest BCUT2D eigenvalue weighted by Gasteiger charge is 2.22. The molecule has 2 aromatic carbocycles. The Kier molecular flexibility index (Phi) is 7.79. The van der Waals surface area contributed by atoms with Gasteiger partial charge in [0.25, 0.3) is 0 Å². The van der Waals surface area contributed by atoms with Crippen molar-refractivity contribution in [1.29, 1.82) is 0 Å². The normalized spacial score (nSPS) is 16.7. The van der Waals surface area contributed by atoms with Crippen LogP contribution in [0.1, 0.15) is 62.5 Å². The molecule has 1 saturated heterocycles. The molecule has 1 aliphatic heterocycles. The van der Waals surface area contributed by atoms with Crippen LogP contribution in [0.3, 0.4) is 0 Å². The fraction of sp³-hybridized carbons (Fsp3) is 0.520. The van der Waals surface area contributed by atoms with Crippen LogP contribution in [0.25, 0.3) is 0 Å². The van der Waals surface area contributed by atoms with E-state index in [-0.39, 0.29) is 0 Å². The van der Waals surface area contributed by atoms with Gasteiger partial charge in [-0.05, 0) is 86.0 Å². The number of benzene rings is 2. The Morgan fingerprint density at radius 1 is 0.786 bits per heavy atom. The predicted molar refractivity (Wildman–Crippen MR) is 117 cm³/mol. The Hall–Kier alpha value is -2.00. The van der Waals surface area contributed by atoms with Gasteiger partial charge < -0.3 is 9.47 Å². The van der Waals surface area contributed by atoms with E-state index in [0.29, 0.717) is 11.8 Å². The monoisotopic (exact) mass is 381 g/mol. The van der Waals surface area contributed by atoms with Crippen LogP contribution >= 0.6 is 0 Å². The summed E-state index contributed by atoms with van der Waals surface area (Å²) in [5, 5.41) is 0. The van der Waals surface area contributed by atoms with Gasteiger partial charge in [-0.3, -0.25) is 4.90 Å². The summed E-state index contributed by atoms with van der Waals surface area (Å²) >= 11 is 0. The smallest absolute Gasteiger partial charge is 0.119 e. The van der Waals surface area contributed by atoms with Gasteiger partial charge in [-0.25, -0.2) is 0 Å². The fourth-order valence-corrected chi connectivity index (χ4v) is 4.47. The molecule has 28 heavy (non-hydrogen) atoms. The van der Waals surface area contributed by atoms with Gasteiger partial charge in [-0.1, -0.05) is 38.1 Å². The Morgan fingerprint density at radius 3 is 1.75 bits per heavy atom. The number of ether oxygens (including phenoxy) is 2. The molecule has 0 saturated carbocycles. The number of hydrogen-bond donors (Lipinski definition) is 0. The third-order valence-electron chi connectivity index (χ3n) is 6.09. The molecule has 0 spiro atoms. The lowest BCUT2D eigenvalue weighted by Gasteiger charge is -2.26. The van der Waals surface area contributed by atoms with E-state index in [0.717, 1.165) is 37.5 Å². The minimum Gasteiger partial charge on any atom is -0.497 e. The summed E-state index contributed by atoms with van der Waals surface area (Å²) in [6.07, 6.45) is 4.92. The van der Waals surface area contributed by atoms with E-state index in [1.165, 1.54) is 37.1 Å². The van der Waals surface area contributed by atoms with Gasteiger partial charge in [0.05, 0.1) is 7.11 Å². The Morgan fingerprint density at radius 2 is 1.29 bits per heavy atom. The fourth-order valence-electron chi connectivity index (χ4n) is 4.47. The molecule has 2 aromatic rings. The van der Waals surface area contributed by atoms with Crippen LogP contribution in [0, 0.1) is 0 Å². The number of nitrogens with zero attached hydrogens (tertiary/aromatic N) is 1. The van der Waals surface area contributed by atoms with Gasteiger partial charge in [0, 0.05) is 6.54 Å². The quantitative estimate of drug-likeness (QED) is 0.515. The average Bonchev–Trinajstić information content (AvgIpc) is 3.26. The molecular formula is C25H35NO2. The van der Waals surface area contributed by atoms with Crippen LogP contribution < -0.4 is 9.47 Å². The molecule has 1 fully saturated rings. The molecule has 0 unspecified atom stereocenters. The lowest BCUT2D eigenvalue weighted by Crippen LogP contribution is -2.25. The maximum absolute atomic E-state index is 5.98. The van der Waals surface area contributed by atoms with E-state index in [9.17, 15) is 0 Å². The largest absolute Gasteiger partial charge is 0.497 e. The van der Waals surface area contributed by atoms with Crippen molar-refractivity contribution >= 4 is 0 Å². The zero-order chi connectivity index (χ0) is 19.8. The van der Waals surface area contributed by atoms with Gasteiger partial charge in [0.2, 0.25) is 0 Å². The SMILES string of the molecule is CC[C@@H](c1ccc(OC)cc1)[C@@H](CC)c1ccc(OCCN2CCCC2)cc1. The number of hydrogen-bond acceptors (Lipinski definition) is 3. The van der Waals surface area contributed by atoms with Crippen molar-refractivity contribution in [3.05, 3.63) is 59.7 Å². The molecule has 0 aromatic heterocycles. The topological polar surface area (TPSA) is 21.7 Å². The van der Waals surface area contributed by atoms with E-state index in [2.05, 4.69) is 67.3 Å². The standard InChI is InChI=1S/C25H35NO2/c1-4-24(20-8-12-22(27-3)13-9-20)25(5-2)21-10-14-23(15-11-21)28-19-18-26-16-6-7-17-26/h8-15,24-25H,4-7,16-19H2,1-3H3/t24-,25-/m0/s1. The predicted octanol–water partition coefficient (Wildman–Crippen LogP) is 5.86. The van der Waals surface area contributed by atoms with Crippen molar-refractivity contribution in [3.8, 4) is 11.5 Å². The summed E-state index contributed by atoms with van der Waals surface area (Å²) in [5.74, 6) is 2.92. The maximum atomic E-state index is 5.98. The minimum atomic E-state index is 0.511. The Balaban J connectivity index is 1.63. The van der Waals surface area contributed by atoms with Crippen molar-refractivity contribution < 1.29 is 9.47 Å². The van der Waals surface area contributed by atoms with E-state index in [1.807, 2.05) is 0 Å². The first-order valence-corrected chi connectivity index (χ1v) is 10.8. The van der Waals surface area contributed by atoms with Crippen molar-refractivity contribution in [1.82, 2.24) is 4.90 Å².